The van der Waals surface area contributed by atoms with Gasteiger partial charge in [0.15, 0.2) is 6.10 Å². The van der Waals surface area contributed by atoms with Gasteiger partial charge in [0, 0.05) is 11.1 Å². The number of nitrogens with one attached hydrogen (secondary N) is 1. The normalized spacial score (nSPS) is 11.5. The summed E-state index contributed by atoms with van der Waals surface area (Å²) in [5.74, 6) is -2.76. The van der Waals surface area contributed by atoms with E-state index in [0.717, 1.165) is 22.5 Å². The number of thiophene rings is 1. The van der Waals surface area contributed by atoms with E-state index in [9.17, 15) is 19.2 Å². The monoisotopic (exact) mass is 637 g/mol. The highest BCUT2D eigenvalue weighted by Crippen LogP contribution is 2.35. The highest BCUT2D eigenvalue weighted by molar-refractivity contribution is 7.18. The number of ether oxygens (including phenoxy) is 3. The topological polar surface area (TPSA) is 134 Å². The SMILES string of the molecule is CCOC(=O)c1sc(NC(=O)C(CC)OC(=O)c2ccc3nc(-c4ccccc4)c(-c4ccccc4)nc3c2)c(C(=O)OC)c1C. The fourth-order valence-electron chi connectivity index (χ4n) is 4.83. The van der Waals surface area contributed by atoms with Crippen LogP contribution in [0.1, 0.15) is 56.2 Å². The minimum Gasteiger partial charge on any atom is -0.465 e. The molecule has 1 atom stereocenters. The van der Waals surface area contributed by atoms with Crippen LogP contribution in [0.4, 0.5) is 5.00 Å². The highest BCUT2D eigenvalue weighted by Gasteiger charge is 2.30. The van der Waals surface area contributed by atoms with Crippen molar-refractivity contribution in [3.05, 3.63) is 100 Å². The molecule has 10 nitrogen and oxygen atoms in total. The molecule has 234 valence electrons. The number of fused-ring (bicyclic) bond motifs is 1. The van der Waals surface area contributed by atoms with Crippen molar-refractivity contribution in [1.29, 1.82) is 0 Å². The minimum atomic E-state index is -1.20. The molecule has 0 saturated carbocycles. The van der Waals surface area contributed by atoms with Crippen molar-refractivity contribution < 1.29 is 33.4 Å². The first-order valence-electron chi connectivity index (χ1n) is 14.6. The molecule has 2 aromatic heterocycles. The number of anilines is 1. The Bertz CT molecular complexity index is 1920. The number of carbonyl (C=O) groups is 4. The lowest BCUT2D eigenvalue weighted by molar-refractivity contribution is -0.124. The predicted octanol–water partition coefficient (Wildman–Crippen LogP) is 6.87. The zero-order valence-electron chi connectivity index (χ0n) is 25.7. The van der Waals surface area contributed by atoms with Crippen LogP contribution in [0.3, 0.4) is 0 Å². The van der Waals surface area contributed by atoms with E-state index in [0.29, 0.717) is 28.0 Å². The molecule has 0 fully saturated rings. The lowest BCUT2D eigenvalue weighted by atomic mass is 10.0. The molecule has 0 aliphatic carbocycles. The molecule has 1 amide bonds. The lowest BCUT2D eigenvalue weighted by Gasteiger charge is -2.16. The summed E-state index contributed by atoms with van der Waals surface area (Å²) in [4.78, 5) is 61.6. The molecule has 0 saturated heterocycles. The summed E-state index contributed by atoms with van der Waals surface area (Å²) in [6, 6.07) is 24.2. The summed E-state index contributed by atoms with van der Waals surface area (Å²) < 4.78 is 15.6. The molecular formula is C35H31N3O7S. The molecule has 0 radical (unpaired) electrons. The average Bonchev–Trinajstić information content (AvgIpc) is 3.41. The fraction of sp³-hybridized carbons (Fsp3) is 0.200. The van der Waals surface area contributed by atoms with Crippen LogP contribution in [-0.2, 0) is 19.0 Å². The fourth-order valence-corrected chi connectivity index (χ4v) is 5.92. The Hall–Kier alpha value is -5.42. The first-order valence-corrected chi connectivity index (χ1v) is 15.4. The highest BCUT2D eigenvalue weighted by atomic mass is 32.1. The number of hydrogen-bond acceptors (Lipinski definition) is 10. The van der Waals surface area contributed by atoms with Crippen molar-refractivity contribution >= 4 is 51.2 Å². The Morgan fingerprint density at radius 3 is 1.98 bits per heavy atom. The van der Waals surface area contributed by atoms with Gasteiger partial charge in [-0.3, -0.25) is 4.79 Å². The summed E-state index contributed by atoms with van der Waals surface area (Å²) in [7, 11) is 1.20. The first-order chi connectivity index (χ1) is 22.2. The molecule has 5 rings (SSSR count). The van der Waals surface area contributed by atoms with Crippen LogP contribution >= 0.6 is 11.3 Å². The largest absolute Gasteiger partial charge is 0.465 e. The Morgan fingerprint density at radius 1 is 0.804 bits per heavy atom. The molecule has 3 aromatic carbocycles. The second kappa shape index (κ2) is 14.1. The van der Waals surface area contributed by atoms with E-state index in [1.54, 1.807) is 39.0 Å². The van der Waals surface area contributed by atoms with Crippen LogP contribution in [0, 0.1) is 6.92 Å². The molecule has 0 bridgehead atoms. The van der Waals surface area contributed by atoms with Gasteiger partial charge in [0.05, 0.1) is 47.3 Å². The van der Waals surface area contributed by atoms with Crippen molar-refractivity contribution in [2.75, 3.05) is 19.0 Å². The number of nitrogens with zero attached hydrogens (tertiary/aromatic N) is 2. The van der Waals surface area contributed by atoms with Gasteiger partial charge in [-0.15, -0.1) is 11.3 Å². The smallest absolute Gasteiger partial charge is 0.348 e. The zero-order valence-corrected chi connectivity index (χ0v) is 26.5. The van der Waals surface area contributed by atoms with Crippen LogP contribution < -0.4 is 5.32 Å². The number of rotatable bonds is 10. The van der Waals surface area contributed by atoms with E-state index in [-0.39, 0.29) is 34.0 Å². The van der Waals surface area contributed by atoms with Crippen LogP contribution in [0.25, 0.3) is 33.5 Å². The average molecular weight is 638 g/mol. The van der Waals surface area contributed by atoms with E-state index >= 15 is 0 Å². The quantitative estimate of drug-likeness (QED) is 0.129. The van der Waals surface area contributed by atoms with Crippen molar-refractivity contribution in [2.45, 2.75) is 33.3 Å². The van der Waals surface area contributed by atoms with Gasteiger partial charge in [0.1, 0.15) is 9.88 Å². The van der Waals surface area contributed by atoms with Gasteiger partial charge in [-0.1, -0.05) is 67.6 Å². The third-order valence-corrected chi connectivity index (χ3v) is 8.33. The molecule has 0 aliphatic heterocycles. The van der Waals surface area contributed by atoms with Gasteiger partial charge < -0.3 is 19.5 Å². The summed E-state index contributed by atoms with van der Waals surface area (Å²) in [6.07, 6.45) is -1.06. The van der Waals surface area contributed by atoms with Gasteiger partial charge in [0.2, 0.25) is 0 Å². The molecule has 2 heterocycles. The Labute approximate surface area is 269 Å². The first kappa shape index (κ1) is 32.0. The predicted molar refractivity (Wildman–Crippen MR) is 175 cm³/mol. The maximum atomic E-state index is 13.3. The van der Waals surface area contributed by atoms with Gasteiger partial charge in [0.25, 0.3) is 5.91 Å². The number of carbonyl (C=O) groups excluding carboxylic acids is 4. The Kier molecular flexibility index (Phi) is 9.82. The van der Waals surface area contributed by atoms with Crippen LogP contribution in [0.2, 0.25) is 0 Å². The Balaban J connectivity index is 1.42. The van der Waals surface area contributed by atoms with E-state index in [1.807, 2.05) is 60.7 Å². The van der Waals surface area contributed by atoms with Gasteiger partial charge in [-0.2, -0.15) is 0 Å². The molecule has 1 unspecified atom stereocenters. The molecule has 0 spiro atoms. The standard InChI is InChI=1S/C35H31N3O7S/c1-5-26(31(39)38-32-27(34(41)43-4)20(3)30(46-32)35(42)44-6-2)45-33(40)23-17-18-24-25(19-23)37-29(22-15-11-8-12-16-22)28(36-24)21-13-9-7-10-14-21/h7-19,26H,5-6H2,1-4H3,(H,38,39). The van der Waals surface area contributed by atoms with E-state index in [4.69, 9.17) is 24.2 Å². The van der Waals surface area contributed by atoms with Crippen molar-refractivity contribution in [2.24, 2.45) is 0 Å². The van der Waals surface area contributed by atoms with Crippen LogP contribution in [-0.4, -0.2) is 53.6 Å². The summed E-state index contributed by atoms with van der Waals surface area (Å²) in [5.41, 5.74) is 4.74. The van der Waals surface area contributed by atoms with Gasteiger partial charge >= 0.3 is 17.9 Å². The van der Waals surface area contributed by atoms with Crippen molar-refractivity contribution in [1.82, 2.24) is 9.97 Å². The third kappa shape index (κ3) is 6.64. The molecule has 1 N–H and O–H groups in total. The number of benzene rings is 3. The molecular weight excluding hydrogens is 606 g/mol. The van der Waals surface area contributed by atoms with Crippen molar-refractivity contribution in [3.63, 3.8) is 0 Å². The van der Waals surface area contributed by atoms with E-state index in [2.05, 4.69) is 5.32 Å². The number of esters is 3. The minimum absolute atomic E-state index is 0.0299. The lowest BCUT2D eigenvalue weighted by Crippen LogP contribution is -2.32. The van der Waals surface area contributed by atoms with Gasteiger partial charge in [-0.25, -0.2) is 24.4 Å². The molecule has 11 heteroatoms. The maximum absolute atomic E-state index is 13.3. The van der Waals surface area contributed by atoms with E-state index < -0.39 is 29.9 Å². The zero-order chi connectivity index (χ0) is 32.8. The number of aromatic nitrogens is 2. The maximum Gasteiger partial charge on any atom is 0.348 e. The summed E-state index contributed by atoms with van der Waals surface area (Å²) >= 11 is 0.887. The summed E-state index contributed by atoms with van der Waals surface area (Å²) in [5, 5.41) is 2.73. The molecule has 46 heavy (non-hydrogen) atoms. The van der Waals surface area contributed by atoms with Gasteiger partial charge in [-0.05, 0) is 44.0 Å². The third-order valence-electron chi connectivity index (χ3n) is 7.14. The number of amides is 1. The van der Waals surface area contributed by atoms with Crippen molar-refractivity contribution in [3.8, 4) is 22.5 Å². The number of methoxy groups -OCH3 is 1. The Morgan fingerprint density at radius 2 is 1.41 bits per heavy atom. The van der Waals surface area contributed by atoms with E-state index in [1.165, 1.54) is 7.11 Å². The summed E-state index contributed by atoms with van der Waals surface area (Å²) in [6.45, 7) is 5.06. The second-order valence-electron chi connectivity index (χ2n) is 10.1. The van der Waals surface area contributed by atoms with Crippen LogP contribution in [0.5, 0.6) is 0 Å². The van der Waals surface area contributed by atoms with Crippen LogP contribution in [0.15, 0.2) is 78.9 Å². The second-order valence-corrected chi connectivity index (χ2v) is 11.1. The molecule has 5 aromatic rings. The number of hydrogen-bond donors (Lipinski definition) is 1. The molecule has 0 aliphatic rings.